The van der Waals surface area contributed by atoms with Crippen LogP contribution in [0.1, 0.15) is 11.4 Å². The highest BCUT2D eigenvalue weighted by Gasteiger charge is 2.14. The van der Waals surface area contributed by atoms with Crippen LogP contribution in [0, 0.1) is 0 Å². The molecule has 2 aromatic rings. The van der Waals surface area contributed by atoms with Crippen LogP contribution in [0.25, 0.3) is 0 Å². The molecule has 0 bridgehead atoms. The molecule has 1 aromatic heterocycles. The average Bonchev–Trinajstić information content (AvgIpc) is 2.58. The first-order valence-electron chi connectivity index (χ1n) is 4.39. The Morgan fingerprint density at radius 2 is 2.21 bits per heavy atom. The van der Waals surface area contributed by atoms with Crippen molar-refractivity contribution in [1.82, 2.24) is 20.2 Å². The Morgan fingerprint density at radius 3 is 3.21 bits per heavy atom. The van der Waals surface area contributed by atoms with Gasteiger partial charge >= 0.3 is 0 Å². The van der Waals surface area contributed by atoms with Gasteiger partial charge in [-0.1, -0.05) is 18.2 Å². The quantitative estimate of drug-likeness (QED) is 0.608. The second-order valence-corrected chi connectivity index (χ2v) is 3.15. The Labute approximate surface area is 80.3 Å². The zero-order valence-corrected chi connectivity index (χ0v) is 7.42. The molecule has 0 radical (unpaired) electrons. The monoisotopic (exact) mass is 188 g/mol. The number of ether oxygens (including phenoxy) is 1. The van der Waals surface area contributed by atoms with Crippen LogP contribution in [0.4, 0.5) is 0 Å². The lowest BCUT2D eigenvalue weighted by Crippen LogP contribution is -2.04. The van der Waals surface area contributed by atoms with E-state index in [4.69, 9.17) is 4.74 Å². The Bertz CT molecular complexity index is 465. The molecule has 70 valence electrons. The summed E-state index contributed by atoms with van der Waals surface area (Å²) in [6, 6.07) is 7.91. The summed E-state index contributed by atoms with van der Waals surface area (Å²) in [5.74, 6) is 1.67. The van der Waals surface area contributed by atoms with Crippen LogP contribution in [-0.4, -0.2) is 20.2 Å². The molecule has 1 aromatic carbocycles. The van der Waals surface area contributed by atoms with Crippen LogP contribution < -0.4 is 4.74 Å². The highest BCUT2D eigenvalue weighted by Crippen LogP contribution is 2.22. The van der Waals surface area contributed by atoms with Crippen molar-refractivity contribution in [3.8, 4) is 5.75 Å². The maximum Gasteiger partial charge on any atom is 0.189 e. The van der Waals surface area contributed by atoms with E-state index in [9.17, 15) is 0 Å². The molecule has 1 aliphatic rings. The summed E-state index contributed by atoms with van der Waals surface area (Å²) >= 11 is 0. The van der Waals surface area contributed by atoms with Gasteiger partial charge in [-0.2, -0.15) is 0 Å². The van der Waals surface area contributed by atoms with Gasteiger partial charge in [0.25, 0.3) is 0 Å². The molecule has 0 saturated carbocycles. The number of fused-ring (bicyclic) bond motifs is 2. The van der Waals surface area contributed by atoms with Gasteiger partial charge in [0.1, 0.15) is 12.4 Å². The van der Waals surface area contributed by atoms with E-state index in [1.54, 1.807) is 4.68 Å². The second-order valence-electron chi connectivity index (χ2n) is 3.15. The van der Waals surface area contributed by atoms with Crippen LogP contribution in [0.5, 0.6) is 5.75 Å². The summed E-state index contributed by atoms with van der Waals surface area (Å²) in [4.78, 5) is 0. The minimum atomic E-state index is 0.435. The molecule has 0 amide bonds. The third-order valence-corrected chi connectivity index (χ3v) is 2.26. The SMILES string of the molecule is c1ccc2c(c1)Cn1nnnc1CO2. The van der Waals surface area contributed by atoms with Gasteiger partial charge in [-0.15, -0.1) is 5.10 Å². The van der Waals surface area contributed by atoms with E-state index in [1.165, 1.54) is 0 Å². The van der Waals surface area contributed by atoms with E-state index >= 15 is 0 Å². The number of benzene rings is 1. The van der Waals surface area contributed by atoms with E-state index in [2.05, 4.69) is 15.5 Å². The van der Waals surface area contributed by atoms with Crippen molar-refractivity contribution in [2.75, 3.05) is 0 Å². The lowest BCUT2D eigenvalue weighted by molar-refractivity contribution is 0.296. The maximum absolute atomic E-state index is 5.57. The zero-order chi connectivity index (χ0) is 9.38. The molecule has 0 atom stereocenters. The largest absolute Gasteiger partial charge is 0.485 e. The molecule has 0 aliphatic carbocycles. The van der Waals surface area contributed by atoms with E-state index < -0.39 is 0 Å². The first-order chi connectivity index (χ1) is 6.93. The van der Waals surface area contributed by atoms with Crippen molar-refractivity contribution >= 4 is 0 Å². The minimum absolute atomic E-state index is 0.435. The number of hydrogen-bond donors (Lipinski definition) is 0. The first kappa shape index (κ1) is 7.49. The van der Waals surface area contributed by atoms with Crippen molar-refractivity contribution in [2.45, 2.75) is 13.2 Å². The summed E-state index contributed by atoms with van der Waals surface area (Å²) < 4.78 is 7.33. The average molecular weight is 188 g/mol. The summed E-state index contributed by atoms with van der Waals surface area (Å²) in [7, 11) is 0. The van der Waals surface area contributed by atoms with Crippen LogP contribution in [-0.2, 0) is 13.2 Å². The van der Waals surface area contributed by atoms with Crippen molar-refractivity contribution < 1.29 is 4.74 Å². The normalized spacial score (nSPS) is 13.7. The van der Waals surface area contributed by atoms with E-state index in [0.29, 0.717) is 13.2 Å². The maximum atomic E-state index is 5.57. The lowest BCUT2D eigenvalue weighted by atomic mass is 10.2. The molecule has 0 spiro atoms. The summed E-state index contributed by atoms with van der Waals surface area (Å²) in [6.45, 7) is 1.11. The summed E-state index contributed by atoms with van der Waals surface area (Å²) in [6.07, 6.45) is 0. The van der Waals surface area contributed by atoms with E-state index in [0.717, 1.165) is 17.1 Å². The fraction of sp³-hybridized carbons (Fsp3) is 0.222. The number of tetrazole rings is 1. The fourth-order valence-corrected chi connectivity index (χ4v) is 1.53. The number of nitrogens with zero attached hydrogens (tertiary/aromatic N) is 4. The molecule has 5 heteroatoms. The van der Waals surface area contributed by atoms with Crippen molar-refractivity contribution in [2.24, 2.45) is 0 Å². The molecule has 5 nitrogen and oxygen atoms in total. The number of para-hydroxylation sites is 1. The Hall–Kier alpha value is -1.91. The van der Waals surface area contributed by atoms with Crippen LogP contribution in [0.15, 0.2) is 24.3 Å². The molecule has 1 aliphatic heterocycles. The van der Waals surface area contributed by atoms with Crippen molar-refractivity contribution in [1.29, 1.82) is 0 Å². The second kappa shape index (κ2) is 2.80. The van der Waals surface area contributed by atoms with Gasteiger partial charge < -0.3 is 4.74 Å². The van der Waals surface area contributed by atoms with Crippen molar-refractivity contribution in [3.05, 3.63) is 35.7 Å². The van der Waals surface area contributed by atoms with Crippen molar-refractivity contribution in [3.63, 3.8) is 0 Å². The molecule has 0 saturated heterocycles. The van der Waals surface area contributed by atoms with Crippen LogP contribution in [0.2, 0.25) is 0 Å². The highest BCUT2D eigenvalue weighted by molar-refractivity contribution is 5.34. The van der Waals surface area contributed by atoms with E-state index in [1.807, 2.05) is 24.3 Å². The Morgan fingerprint density at radius 1 is 1.29 bits per heavy atom. The van der Waals surface area contributed by atoms with Gasteiger partial charge in [0.15, 0.2) is 5.82 Å². The zero-order valence-electron chi connectivity index (χ0n) is 7.42. The van der Waals surface area contributed by atoms with E-state index in [-0.39, 0.29) is 0 Å². The molecule has 14 heavy (non-hydrogen) atoms. The van der Waals surface area contributed by atoms with Gasteiger partial charge in [0.05, 0.1) is 6.54 Å². The third-order valence-electron chi connectivity index (χ3n) is 2.26. The van der Waals surface area contributed by atoms with Gasteiger partial charge in [0, 0.05) is 5.56 Å². The standard InChI is InChI=1S/C9H8N4O/c1-2-4-8-7(3-1)5-13-9(6-14-8)10-11-12-13/h1-4H,5-6H2. The third kappa shape index (κ3) is 1.06. The minimum Gasteiger partial charge on any atom is -0.485 e. The topological polar surface area (TPSA) is 52.8 Å². The lowest BCUT2D eigenvalue weighted by Gasteiger charge is -2.04. The van der Waals surface area contributed by atoms with Gasteiger partial charge in [-0.05, 0) is 16.5 Å². The molecular formula is C9H8N4O. The van der Waals surface area contributed by atoms with Crippen LogP contribution >= 0.6 is 0 Å². The Kier molecular flexibility index (Phi) is 1.50. The van der Waals surface area contributed by atoms with Gasteiger partial charge in [-0.25, -0.2) is 4.68 Å². The molecule has 0 fully saturated rings. The highest BCUT2D eigenvalue weighted by atomic mass is 16.5. The Balaban J connectivity index is 2.10. The van der Waals surface area contributed by atoms with Crippen LogP contribution in [0.3, 0.4) is 0 Å². The van der Waals surface area contributed by atoms with Gasteiger partial charge in [0.2, 0.25) is 0 Å². The first-order valence-corrected chi connectivity index (χ1v) is 4.39. The fourth-order valence-electron chi connectivity index (χ4n) is 1.53. The van der Waals surface area contributed by atoms with Gasteiger partial charge in [-0.3, -0.25) is 0 Å². The number of aromatic nitrogens is 4. The number of hydrogen-bond acceptors (Lipinski definition) is 4. The smallest absolute Gasteiger partial charge is 0.189 e. The molecular weight excluding hydrogens is 180 g/mol. The molecule has 3 rings (SSSR count). The predicted octanol–water partition coefficient (Wildman–Crippen LogP) is 0.614. The molecule has 2 heterocycles. The molecule has 0 unspecified atom stereocenters. The predicted molar refractivity (Wildman–Crippen MR) is 47.7 cm³/mol. The summed E-state index contributed by atoms with van der Waals surface area (Å²) in [5, 5.41) is 11.4. The summed E-state index contributed by atoms with van der Waals surface area (Å²) in [5.41, 5.74) is 1.11. The number of rotatable bonds is 0. The molecule has 0 N–H and O–H groups in total.